The minimum Gasteiger partial charge on any atom is -0.0590 e. The molecule has 0 amide bonds. The highest BCUT2D eigenvalue weighted by Gasteiger charge is 2.29. The Morgan fingerprint density at radius 3 is 0.808 bits per heavy atom. The highest BCUT2D eigenvalue weighted by molar-refractivity contribution is 5.56. The summed E-state index contributed by atoms with van der Waals surface area (Å²) >= 11 is 0. The minimum absolute atomic E-state index is 0.283. The lowest BCUT2D eigenvalue weighted by atomic mass is 9.74. The number of aryl methyl sites for hydroxylation is 11. The topological polar surface area (TPSA) is 0 Å². The Morgan fingerprint density at radius 2 is 0.521 bits per heavy atom. The minimum atomic E-state index is 0.283. The molecule has 386 valence electrons. The predicted molar refractivity (Wildman–Crippen MR) is 316 cm³/mol. The summed E-state index contributed by atoms with van der Waals surface area (Å²) in [5.74, 6) is 3.49. The molecule has 0 spiro atoms. The van der Waals surface area contributed by atoms with Crippen LogP contribution in [0.25, 0.3) is 0 Å². The first-order valence-electron chi connectivity index (χ1n) is 29.8. The van der Waals surface area contributed by atoms with E-state index in [1.54, 1.807) is 22.3 Å². The van der Waals surface area contributed by atoms with E-state index in [4.69, 9.17) is 0 Å². The van der Waals surface area contributed by atoms with Crippen LogP contribution in [0.4, 0.5) is 0 Å². The van der Waals surface area contributed by atoms with E-state index in [1.165, 1.54) is 223 Å². The zero-order chi connectivity index (χ0) is 51.3. The molecule has 4 aliphatic rings. The summed E-state index contributed by atoms with van der Waals surface area (Å²) in [5.41, 5.74) is 31.3. The molecule has 0 radical (unpaired) electrons. The van der Waals surface area contributed by atoms with Crippen molar-refractivity contribution in [3.05, 3.63) is 208 Å². The van der Waals surface area contributed by atoms with Gasteiger partial charge in [0.1, 0.15) is 0 Å². The van der Waals surface area contributed by atoms with E-state index in [0.717, 1.165) is 23.7 Å². The lowest BCUT2D eigenvalue weighted by Gasteiger charge is -2.30. The molecule has 0 unspecified atom stereocenters. The van der Waals surface area contributed by atoms with Crippen LogP contribution in [-0.2, 0) is 0 Å². The van der Waals surface area contributed by atoms with Gasteiger partial charge in [-0.3, -0.25) is 0 Å². The average molecular weight is 972 g/mol. The van der Waals surface area contributed by atoms with Crippen molar-refractivity contribution in [1.29, 1.82) is 0 Å². The van der Waals surface area contributed by atoms with Crippen molar-refractivity contribution >= 4 is 0 Å². The molecule has 0 N–H and O–H groups in total. The van der Waals surface area contributed by atoms with Crippen molar-refractivity contribution in [2.45, 2.75) is 240 Å². The zero-order valence-corrected chi connectivity index (χ0v) is 47.8. The normalized spacial score (nSPS) is 17.5. The molecule has 6 aromatic carbocycles. The van der Waals surface area contributed by atoms with Gasteiger partial charge in [0.05, 0.1) is 0 Å². The summed E-state index contributed by atoms with van der Waals surface area (Å²) in [5, 5.41) is 0. The van der Waals surface area contributed by atoms with Gasteiger partial charge in [0.2, 0.25) is 0 Å². The summed E-state index contributed by atoms with van der Waals surface area (Å²) in [4.78, 5) is 0. The first kappa shape index (κ1) is 53.2. The fourth-order valence-electron chi connectivity index (χ4n) is 15.0. The van der Waals surface area contributed by atoms with Gasteiger partial charge in [-0.2, -0.15) is 0 Å². The van der Waals surface area contributed by atoms with Crippen molar-refractivity contribution in [3.8, 4) is 0 Å². The highest BCUT2D eigenvalue weighted by Crippen LogP contribution is 2.46. The van der Waals surface area contributed by atoms with Crippen LogP contribution in [0.2, 0.25) is 0 Å². The molecule has 0 saturated heterocycles. The van der Waals surface area contributed by atoms with Crippen LogP contribution >= 0.6 is 0 Å². The fraction of sp³-hybridized carbons (Fsp3) is 0.507. The van der Waals surface area contributed by atoms with E-state index in [1.807, 2.05) is 0 Å². The summed E-state index contributed by atoms with van der Waals surface area (Å²) < 4.78 is 0. The maximum atomic E-state index is 2.64. The third kappa shape index (κ3) is 12.1. The Morgan fingerprint density at radius 1 is 0.247 bits per heavy atom. The number of hydrogen-bond donors (Lipinski definition) is 0. The molecule has 0 aromatic heterocycles. The number of rotatable bonds is 10. The van der Waals surface area contributed by atoms with Gasteiger partial charge in [0, 0.05) is 11.8 Å². The van der Waals surface area contributed by atoms with Gasteiger partial charge >= 0.3 is 0 Å². The molecule has 0 heteroatoms. The van der Waals surface area contributed by atoms with E-state index in [9.17, 15) is 0 Å². The quantitative estimate of drug-likeness (QED) is 0.120. The molecule has 0 bridgehead atoms. The van der Waals surface area contributed by atoms with Gasteiger partial charge in [-0.1, -0.05) is 174 Å². The van der Waals surface area contributed by atoms with Crippen LogP contribution in [0.15, 0.2) is 91.0 Å². The molecule has 0 aliphatic heterocycles. The Bertz CT molecular complexity index is 2680. The second-order valence-corrected chi connectivity index (χ2v) is 24.7. The number of hydrogen-bond acceptors (Lipinski definition) is 0. The molecule has 73 heavy (non-hydrogen) atoms. The van der Waals surface area contributed by atoms with Gasteiger partial charge < -0.3 is 0 Å². The molecular formula is C73H94. The van der Waals surface area contributed by atoms with E-state index in [-0.39, 0.29) is 11.8 Å². The van der Waals surface area contributed by atoms with Crippen LogP contribution in [0.3, 0.4) is 0 Å². The van der Waals surface area contributed by atoms with Gasteiger partial charge in [0.25, 0.3) is 0 Å². The van der Waals surface area contributed by atoms with Crippen molar-refractivity contribution in [1.82, 2.24) is 0 Å². The highest BCUT2D eigenvalue weighted by atomic mass is 14.3. The third-order valence-electron chi connectivity index (χ3n) is 19.3. The average Bonchev–Trinajstić information content (AvgIpc) is 3.39. The standard InChI is InChI=1S/C37H48.C36H46/c1-24-17-18-32(21-25(24)2)37(35-22-33(26(3)19-28(35)5)30-13-9-7-10-14-30)36-23-34(27(4)20-29(36)6)31-15-11-8-12-16-31;1-24-16-18-31(19-17-24)36(34-22-32(25(2)20-27(34)4)29-12-8-6-9-13-29)35-23-33(26(3)21-28(35)5)30-14-10-7-11-15-30/h17-23,30-31,37H,7-16H2,1-6H3;16-23,29-30,36H,6-15H2,1-5H3. The maximum absolute atomic E-state index is 2.64. The first-order valence-corrected chi connectivity index (χ1v) is 29.8. The van der Waals surface area contributed by atoms with Crippen LogP contribution in [0.5, 0.6) is 0 Å². The van der Waals surface area contributed by atoms with Crippen LogP contribution in [0.1, 0.15) is 281 Å². The molecule has 4 aliphatic carbocycles. The van der Waals surface area contributed by atoms with Crippen LogP contribution < -0.4 is 0 Å². The molecule has 0 nitrogen and oxygen atoms in total. The summed E-state index contributed by atoms with van der Waals surface area (Å²) in [6, 6.07) is 37.1. The first-order chi connectivity index (χ1) is 35.2. The largest absolute Gasteiger partial charge is 0.0590 e. The molecule has 10 rings (SSSR count). The molecule has 0 heterocycles. The molecule has 4 saturated carbocycles. The van der Waals surface area contributed by atoms with Gasteiger partial charge in [0.15, 0.2) is 0 Å². The molecule has 6 aromatic rings. The van der Waals surface area contributed by atoms with E-state index in [2.05, 4.69) is 167 Å². The monoisotopic (exact) mass is 971 g/mol. The zero-order valence-electron chi connectivity index (χ0n) is 47.8. The van der Waals surface area contributed by atoms with Crippen molar-refractivity contribution < 1.29 is 0 Å². The summed E-state index contributed by atoms with van der Waals surface area (Å²) in [6.07, 6.45) is 27.6. The second kappa shape index (κ2) is 23.9. The molecule has 0 atom stereocenters. The Hall–Kier alpha value is -4.68. The Balaban J connectivity index is 0.000000180. The third-order valence-corrected chi connectivity index (χ3v) is 19.3. The lowest BCUT2D eigenvalue weighted by Crippen LogP contribution is -2.13. The van der Waals surface area contributed by atoms with Gasteiger partial charge in [-0.25, -0.2) is 0 Å². The molecular weight excluding hydrogens is 877 g/mol. The smallest absolute Gasteiger partial charge is 0.0345 e. The van der Waals surface area contributed by atoms with Crippen molar-refractivity contribution in [2.75, 3.05) is 0 Å². The van der Waals surface area contributed by atoms with Gasteiger partial charge in [-0.15, -0.1) is 0 Å². The lowest BCUT2D eigenvalue weighted by molar-refractivity contribution is 0.441. The second-order valence-electron chi connectivity index (χ2n) is 24.7. The predicted octanol–water partition coefficient (Wildman–Crippen LogP) is 21.3. The van der Waals surface area contributed by atoms with E-state index >= 15 is 0 Å². The maximum Gasteiger partial charge on any atom is 0.0345 e. The summed E-state index contributed by atoms with van der Waals surface area (Å²) in [7, 11) is 0. The van der Waals surface area contributed by atoms with E-state index < -0.39 is 0 Å². The molecule has 4 fully saturated rings. The Kier molecular flexibility index (Phi) is 17.4. The number of benzene rings is 6. The summed E-state index contributed by atoms with van der Waals surface area (Å²) in [6.45, 7) is 25.5. The Labute approximate surface area is 445 Å². The van der Waals surface area contributed by atoms with Crippen molar-refractivity contribution in [2.24, 2.45) is 0 Å². The van der Waals surface area contributed by atoms with Gasteiger partial charge in [-0.05, 0) is 262 Å². The van der Waals surface area contributed by atoms with Crippen LogP contribution in [-0.4, -0.2) is 0 Å². The van der Waals surface area contributed by atoms with E-state index in [0.29, 0.717) is 0 Å². The fourth-order valence-corrected chi connectivity index (χ4v) is 15.0. The van der Waals surface area contributed by atoms with Crippen LogP contribution in [0, 0.1) is 76.2 Å². The SMILES string of the molecule is Cc1ccc(C(c2cc(C3CCCCC3)c(C)cc2C)c2cc(C3CCCCC3)c(C)cc2C)cc1.Cc1ccc(C(c2cc(C3CCCCC3)c(C)cc2C)c2cc(C3CCCCC3)c(C)cc2C)cc1C. The van der Waals surface area contributed by atoms with Crippen molar-refractivity contribution in [3.63, 3.8) is 0 Å².